The third-order valence-corrected chi connectivity index (χ3v) is 3.86. The number of benzene rings is 2. The lowest BCUT2D eigenvalue weighted by atomic mass is 10.1. The van der Waals surface area contributed by atoms with Gasteiger partial charge in [0, 0.05) is 7.05 Å². The highest BCUT2D eigenvalue weighted by Crippen LogP contribution is 2.31. The van der Waals surface area contributed by atoms with Crippen molar-refractivity contribution < 1.29 is 18.3 Å². The second kappa shape index (κ2) is 7.23. The van der Waals surface area contributed by atoms with Crippen molar-refractivity contribution in [3.8, 4) is 17.6 Å². The van der Waals surface area contributed by atoms with E-state index in [1.54, 1.807) is 12.1 Å². The maximum absolute atomic E-state index is 12.4. The van der Waals surface area contributed by atoms with Crippen molar-refractivity contribution in [3.63, 3.8) is 0 Å². The molecule has 1 heterocycles. The number of imidazole rings is 1. The molecular weight excluding hydrogens is 340 g/mol. The SMILES string of the molecule is COc1cc(C=C(C#N)c2nc3ccccc3n2C)ccc1OC(F)F. The third kappa shape index (κ3) is 3.35. The summed E-state index contributed by atoms with van der Waals surface area (Å²) in [6, 6.07) is 14.2. The zero-order valence-corrected chi connectivity index (χ0v) is 14.1. The number of fused-ring (bicyclic) bond motifs is 1. The maximum Gasteiger partial charge on any atom is 0.387 e. The fourth-order valence-corrected chi connectivity index (χ4v) is 2.67. The van der Waals surface area contributed by atoms with Crippen LogP contribution in [0.15, 0.2) is 42.5 Å². The smallest absolute Gasteiger partial charge is 0.387 e. The van der Waals surface area contributed by atoms with E-state index in [0.717, 1.165) is 11.0 Å². The maximum atomic E-state index is 12.4. The molecule has 0 atom stereocenters. The standard InChI is InChI=1S/C19H15F2N3O2/c1-24-15-6-4-3-5-14(15)23-18(24)13(11-22)9-12-7-8-16(26-19(20)21)17(10-12)25-2/h3-10,19H,1-2H3. The molecule has 7 heteroatoms. The highest BCUT2D eigenvalue weighted by molar-refractivity contribution is 5.91. The van der Waals surface area contributed by atoms with Crippen LogP contribution in [-0.4, -0.2) is 23.3 Å². The van der Waals surface area contributed by atoms with E-state index < -0.39 is 6.61 Å². The van der Waals surface area contributed by atoms with E-state index in [1.807, 2.05) is 35.9 Å². The van der Waals surface area contributed by atoms with Crippen LogP contribution in [-0.2, 0) is 7.05 Å². The molecule has 0 radical (unpaired) electrons. The van der Waals surface area contributed by atoms with Crippen LogP contribution in [0.1, 0.15) is 11.4 Å². The second-order valence-electron chi connectivity index (χ2n) is 5.44. The van der Waals surface area contributed by atoms with E-state index in [1.165, 1.54) is 19.2 Å². The first-order valence-electron chi connectivity index (χ1n) is 7.70. The average molecular weight is 355 g/mol. The van der Waals surface area contributed by atoms with E-state index >= 15 is 0 Å². The Balaban J connectivity index is 2.03. The van der Waals surface area contributed by atoms with Crippen LogP contribution in [0, 0.1) is 11.3 Å². The molecule has 3 rings (SSSR count). The zero-order chi connectivity index (χ0) is 18.7. The van der Waals surface area contributed by atoms with Crippen LogP contribution in [0.3, 0.4) is 0 Å². The van der Waals surface area contributed by atoms with Gasteiger partial charge in [-0.3, -0.25) is 0 Å². The molecule has 0 unspecified atom stereocenters. The Morgan fingerprint density at radius 3 is 2.65 bits per heavy atom. The molecule has 5 nitrogen and oxygen atoms in total. The molecule has 132 valence electrons. The average Bonchev–Trinajstić information content (AvgIpc) is 2.97. The summed E-state index contributed by atoms with van der Waals surface area (Å²) >= 11 is 0. The van der Waals surface area contributed by atoms with Crippen molar-refractivity contribution in [3.05, 3.63) is 53.9 Å². The molecule has 0 N–H and O–H groups in total. The van der Waals surface area contributed by atoms with Gasteiger partial charge in [-0.15, -0.1) is 0 Å². The molecule has 3 aromatic rings. The summed E-state index contributed by atoms with van der Waals surface area (Å²) in [5, 5.41) is 9.56. The number of nitrogens with zero attached hydrogens (tertiary/aromatic N) is 3. The molecule has 2 aromatic carbocycles. The second-order valence-corrected chi connectivity index (χ2v) is 5.44. The highest BCUT2D eigenvalue weighted by atomic mass is 19.3. The summed E-state index contributed by atoms with van der Waals surface area (Å²) in [4.78, 5) is 4.50. The van der Waals surface area contributed by atoms with Gasteiger partial charge in [0.1, 0.15) is 6.07 Å². The van der Waals surface area contributed by atoms with E-state index in [2.05, 4.69) is 15.8 Å². The van der Waals surface area contributed by atoms with Gasteiger partial charge in [0.15, 0.2) is 17.3 Å². The molecule has 0 amide bonds. The Morgan fingerprint density at radius 2 is 2.00 bits per heavy atom. The Morgan fingerprint density at radius 1 is 1.23 bits per heavy atom. The van der Waals surface area contributed by atoms with Crippen LogP contribution in [0.4, 0.5) is 8.78 Å². The first-order valence-corrected chi connectivity index (χ1v) is 7.70. The summed E-state index contributed by atoms with van der Waals surface area (Å²) in [6.07, 6.45) is 1.62. The van der Waals surface area contributed by atoms with Gasteiger partial charge in [-0.2, -0.15) is 14.0 Å². The zero-order valence-electron chi connectivity index (χ0n) is 14.1. The summed E-state index contributed by atoms with van der Waals surface area (Å²) in [7, 11) is 3.19. The number of rotatable bonds is 5. The molecular formula is C19H15F2N3O2. The van der Waals surface area contributed by atoms with Crippen LogP contribution >= 0.6 is 0 Å². The summed E-state index contributed by atoms with van der Waals surface area (Å²) < 4.78 is 36.2. The number of halogens is 2. The molecule has 0 aliphatic rings. The Hall–Kier alpha value is -3.40. The number of hydrogen-bond donors (Lipinski definition) is 0. The number of ether oxygens (including phenoxy) is 2. The summed E-state index contributed by atoms with van der Waals surface area (Å²) in [5.41, 5.74) is 2.63. The van der Waals surface area contributed by atoms with Crippen LogP contribution in [0.2, 0.25) is 0 Å². The molecule has 0 fully saturated rings. The minimum absolute atomic E-state index is 0.0686. The highest BCUT2D eigenvalue weighted by Gasteiger charge is 2.14. The van der Waals surface area contributed by atoms with Crippen molar-refractivity contribution in [2.75, 3.05) is 7.11 Å². The first-order chi connectivity index (χ1) is 12.5. The molecule has 0 aliphatic heterocycles. The van der Waals surface area contributed by atoms with E-state index in [9.17, 15) is 14.0 Å². The normalized spacial score (nSPS) is 11.6. The Labute approximate surface area is 148 Å². The minimum Gasteiger partial charge on any atom is -0.493 e. The van der Waals surface area contributed by atoms with Gasteiger partial charge >= 0.3 is 6.61 Å². The van der Waals surface area contributed by atoms with E-state index in [4.69, 9.17) is 4.74 Å². The summed E-state index contributed by atoms with van der Waals surface area (Å²) in [5.74, 6) is 0.600. The van der Waals surface area contributed by atoms with Crippen LogP contribution < -0.4 is 9.47 Å². The lowest BCUT2D eigenvalue weighted by Gasteiger charge is -2.10. The first kappa shape index (κ1) is 17.4. The predicted octanol–water partition coefficient (Wildman–Crippen LogP) is 4.25. The number of alkyl halides is 2. The molecule has 1 aromatic heterocycles. The molecule has 0 bridgehead atoms. The van der Waals surface area contributed by atoms with Crippen LogP contribution in [0.5, 0.6) is 11.5 Å². The number of aryl methyl sites for hydroxylation is 1. The van der Waals surface area contributed by atoms with Gasteiger partial charge < -0.3 is 14.0 Å². The Kier molecular flexibility index (Phi) is 4.85. The van der Waals surface area contributed by atoms with E-state index in [0.29, 0.717) is 17.0 Å². The number of methoxy groups -OCH3 is 1. The quantitative estimate of drug-likeness (QED) is 0.642. The van der Waals surface area contributed by atoms with Gasteiger partial charge in [0.2, 0.25) is 0 Å². The molecule has 0 aliphatic carbocycles. The fraction of sp³-hybridized carbons (Fsp3) is 0.158. The lowest BCUT2D eigenvalue weighted by Crippen LogP contribution is -2.03. The lowest BCUT2D eigenvalue weighted by molar-refractivity contribution is -0.0512. The van der Waals surface area contributed by atoms with Gasteiger partial charge in [-0.05, 0) is 35.9 Å². The van der Waals surface area contributed by atoms with E-state index in [-0.39, 0.29) is 11.5 Å². The topological polar surface area (TPSA) is 60.1 Å². The fourth-order valence-electron chi connectivity index (χ4n) is 2.67. The van der Waals surface area contributed by atoms with Crippen molar-refractivity contribution in [1.29, 1.82) is 5.26 Å². The number of allylic oxidation sites excluding steroid dienone is 1. The number of aromatic nitrogens is 2. The van der Waals surface area contributed by atoms with Crippen molar-refractivity contribution in [2.24, 2.45) is 7.05 Å². The van der Waals surface area contributed by atoms with Crippen molar-refractivity contribution in [1.82, 2.24) is 9.55 Å². The number of para-hydroxylation sites is 2. The van der Waals surface area contributed by atoms with Crippen LogP contribution in [0.25, 0.3) is 22.7 Å². The van der Waals surface area contributed by atoms with Crippen molar-refractivity contribution >= 4 is 22.7 Å². The predicted molar refractivity (Wildman–Crippen MR) is 93.8 cm³/mol. The van der Waals surface area contributed by atoms with Gasteiger partial charge in [0.05, 0.1) is 23.7 Å². The Bertz CT molecular complexity index is 1020. The van der Waals surface area contributed by atoms with Crippen molar-refractivity contribution in [2.45, 2.75) is 6.61 Å². The summed E-state index contributed by atoms with van der Waals surface area (Å²) in [6.45, 7) is -2.94. The number of nitriles is 1. The molecule has 0 saturated carbocycles. The minimum atomic E-state index is -2.94. The third-order valence-electron chi connectivity index (χ3n) is 3.86. The van der Waals surface area contributed by atoms with Gasteiger partial charge in [0.25, 0.3) is 0 Å². The van der Waals surface area contributed by atoms with Gasteiger partial charge in [-0.1, -0.05) is 18.2 Å². The molecule has 0 saturated heterocycles. The molecule has 0 spiro atoms. The molecule has 26 heavy (non-hydrogen) atoms. The number of hydrogen-bond acceptors (Lipinski definition) is 4. The van der Waals surface area contributed by atoms with Gasteiger partial charge in [-0.25, -0.2) is 4.98 Å². The largest absolute Gasteiger partial charge is 0.493 e. The monoisotopic (exact) mass is 355 g/mol.